The third-order valence-electron chi connectivity index (χ3n) is 3.43. The number of amides is 1. The van der Waals surface area contributed by atoms with Gasteiger partial charge in [0, 0.05) is 0 Å². The van der Waals surface area contributed by atoms with Gasteiger partial charge in [0.2, 0.25) is 0 Å². The summed E-state index contributed by atoms with van der Waals surface area (Å²) in [5, 5.41) is 1.91. The second-order valence-corrected chi connectivity index (χ2v) is 5.17. The average molecular weight is 301 g/mol. The van der Waals surface area contributed by atoms with E-state index in [2.05, 4.69) is 0 Å². The molecule has 21 heavy (non-hydrogen) atoms. The van der Waals surface area contributed by atoms with Crippen LogP contribution in [0.1, 0.15) is 37.4 Å². The Morgan fingerprint density at radius 1 is 1.24 bits per heavy atom. The predicted octanol–water partition coefficient (Wildman–Crippen LogP) is 3.37. The highest BCUT2D eigenvalue weighted by Crippen LogP contribution is 2.28. The highest BCUT2D eigenvalue weighted by molar-refractivity contribution is 5.82. The van der Waals surface area contributed by atoms with Crippen LogP contribution < -0.4 is 5.32 Å². The maximum atomic E-state index is 12.2. The molecule has 3 nitrogen and oxygen atoms in total. The van der Waals surface area contributed by atoms with Crippen molar-refractivity contribution in [2.24, 2.45) is 0 Å². The molecule has 0 saturated heterocycles. The van der Waals surface area contributed by atoms with Gasteiger partial charge in [-0.2, -0.15) is 13.2 Å². The fraction of sp³-hybridized carbons (Fsp3) is 0.533. The van der Waals surface area contributed by atoms with Crippen LogP contribution in [0.4, 0.5) is 13.2 Å². The van der Waals surface area contributed by atoms with Gasteiger partial charge in [-0.05, 0) is 18.4 Å². The molecule has 1 aromatic rings. The van der Waals surface area contributed by atoms with E-state index in [0.29, 0.717) is 5.56 Å². The summed E-state index contributed by atoms with van der Waals surface area (Å²) in [5.41, 5.74) is 0.573. The van der Waals surface area contributed by atoms with E-state index in [4.69, 9.17) is 4.74 Å². The average Bonchev–Trinajstić information content (AvgIpc) is 2.95. The zero-order valence-corrected chi connectivity index (χ0v) is 11.5. The number of ether oxygens (including phenoxy) is 1. The van der Waals surface area contributed by atoms with Gasteiger partial charge in [0.25, 0.3) is 5.91 Å². The summed E-state index contributed by atoms with van der Waals surface area (Å²) in [7, 11) is 0. The predicted molar refractivity (Wildman–Crippen MR) is 71.6 cm³/mol. The van der Waals surface area contributed by atoms with Crippen LogP contribution in [0.15, 0.2) is 30.3 Å². The monoisotopic (exact) mass is 301 g/mol. The smallest absolute Gasteiger partial charge is 0.360 e. The van der Waals surface area contributed by atoms with Gasteiger partial charge in [-0.15, -0.1) is 0 Å². The van der Waals surface area contributed by atoms with E-state index in [1.165, 1.54) is 0 Å². The lowest BCUT2D eigenvalue weighted by Gasteiger charge is -2.22. The molecule has 1 aliphatic rings. The fourth-order valence-corrected chi connectivity index (χ4v) is 2.42. The van der Waals surface area contributed by atoms with E-state index in [0.717, 1.165) is 25.7 Å². The molecule has 1 amide bonds. The van der Waals surface area contributed by atoms with Crippen LogP contribution in [0.5, 0.6) is 0 Å². The Labute approximate surface area is 121 Å². The topological polar surface area (TPSA) is 38.3 Å². The van der Waals surface area contributed by atoms with Gasteiger partial charge in [-0.25, -0.2) is 0 Å². The van der Waals surface area contributed by atoms with Crippen molar-refractivity contribution in [3.63, 3.8) is 0 Å². The molecule has 1 aromatic carbocycles. The van der Waals surface area contributed by atoms with Gasteiger partial charge >= 0.3 is 6.18 Å². The molecule has 0 heterocycles. The van der Waals surface area contributed by atoms with Crippen molar-refractivity contribution in [1.29, 1.82) is 0 Å². The first-order valence-corrected chi connectivity index (χ1v) is 7.00. The first-order chi connectivity index (χ1) is 9.96. The van der Waals surface area contributed by atoms with Crippen molar-refractivity contribution in [1.82, 2.24) is 5.32 Å². The lowest BCUT2D eigenvalue weighted by molar-refractivity contribution is -0.148. The molecule has 0 spiro atoms. The van der Waals surface area contributed by atoms with E-state index in [1.54, 1.807) is 30.3 Å². The molecule has 1 atom stereocenters. The van der Waals surface area contributed by atoms with Gasteiger partial charge in [-0.1, -0.05) is 43.2 Å². The Kier molecular flexibility index (Phi) is 5.22. The standard InChI is InChI=1S/C15H18F3NO2/c16-15(17,18)10-19-14(20)13(11-6-2-1-3-7-11)21-12-8-4-5-9-12/h1-3,6-7,12-13H,4-5,8-10H2,(H,19,20). The van der Waals surface area contributed by atoms with Crippen molar-refractivity contribution in [3.05, 3.63) is 35.9 Å². The zero-order valence-electron chi connectivity index (χ0n) is 11.5. The number of hydrogen-bond acceptors (Lipinski definition) is 2. The minimum Gasteiger partial charge on any atom is -0.360 e. The van der Waals surface area contributed by atoms with E-state index in [9.17, 15) is 18.0 Å². The summed E-state index contributed by atoms with van der Waals surface area (Å²) < 4.78 is 42.4. The minimum absolute atomic E-state index is 0.0631. The van der Waals surface area contributed by atoms with E-state index in [1.807, 2.05) is 5.32 Å². The van der Waals surface area contributed by atoms with Crippen LogP contribution in [0.25, 0.3) is 0 Å². The Hall–Kier alpha value is -1.56. The fourth-order valence-electron chi connectivity index (χ4n) is 2.42. The largest absolute Gasteiger partial charge is 0.405 e. The van der Waals surface area contributed by atoms with Crippen molar-refractivity contribution >= 4 is 5.91 Å². The Morgan fingerprint density at radius 2 is 1.86 bits per heavy atom. The summed E-state index contributed by atoms with van der Waals surface area (Å²) in [6.45, 7) is -1.34. The van der Waals surface area contributed by atoms with E-state index < -0.39 is 24.7 Å². The SMILES string of the molecule is O=C(NCC(F)(F)F)C(OC1CCCC1)c1ccccc1. The quantitative estimate of drug-likeness (QED) is 0.905. The van der Waals surface area contributed by atoms with Crippen LogP contribution in [-0.4, -0.2) is 24.7 Å². The molecule has 1 aliphatic carbocycles. The Morgan fingerprint density at radius 3 is 2.43 bits per heavy atom. The molecule has 1 saturated carbocycles. The number of carbonyl (C=O) groups is 1. The second kappa shape index (κ2) is 6.93. The Balaban J connectivity index is 2.05. The molecular weight excluding hydrogens is 283 g/mol. The van der Waals surface area contributed by atoms with E-state index in [-0.39, 0.29) is 6.10 Å². The molecule has 0 radical (unpaired) electrons. The number of alkyl halides is 3. The van der Waals surface area contributed by atoms with Gasteiger partial charge in [0.05, 0.1) is 6.10 Å². The van der Waals surface area contributed by atoms with Gasteiger partial charge in [0.1, 0.15) is 6.54 Å². The van der Waals surface area contributed by atoms with Crippen molar-refractivity contribution in [2.45, 2.75) is 44.1 Å². The van der Waals surface area contributed by atoms with Crippen LogP contribution >= 0.6 is 0 Å². The third kappa shape index (κ3) is 5.04. The summed E-state index contributed by atoms with van der Waals surface area (Å²) in [5.74, 6) is -0.745. The highest BCUT2D eigenvalue weighted by Gasteiger charge is 2.32. The molecule has 1 unspecified atom stereocenters. The van der Waals surface area contributed by atoms with Crippen molar-refractivity contribution in [2.75, 3.05) is 6.54 Å². The maximum absolute atomic E-state index is 12.2. The van der Waals surface area contributed by atoms with Crippen LogP contribution in [-0.2, 0) is 9.53 Å². The van der Waals surface area contributed by atoms with Gasteiger partial charge in [-0.3, -0.25) is 4.79 Å². The molecule has 116 valence electrons. The van der Waals surface area contributed by atoms with Gasteiger partial charge < -0.3 is 10.1 Å². The number of carbonyl (C=O) groups excluding carboxylic acids is 1. The summed E-state index contributed by atoms with van der Waals surface area (Å²) in [4.78, 5) is 12.0. The molecule has 1 fully saturated rings. The second-order valence-electron chi connectivity index (χ2n) is 5.17. The lowest BCUT2D eigenvalue weighted by atomic mass is 10.1. The highest BCUT2D eigenvalue weighted by atomic mass is 19.4. The third-order valence-corrected chi connectivity index (χ3v) is 3.43. The first kappa shape index (κ1) is 15.8. The van der Waals surface area contributed by atoms with Crippen molar-refractivity contribution < 1.29 is 22.7 Å². The minimum atomic E-state index is -4.43. The molecule has 0 aromatic heterocycles. The first-order valence-electron chi connectivity index (χ1n) is 7.00. The van der Waals surface area contributed by atoms with Crippen LogP contribution in [0.2, 0.25) is 0 Å². The number of benzene rings is 1. The number of halogens is 3. The zero-order chi connectivity index (χ0) is 15.3. The normalized spacial score (nSPS) is 17.7. The molecule has 1 N–H and O–H groups in total. The lowest BCUT2D eigenvalue weighted by Crippen LogP contribution is -2.38. The summed E-state index contributed by atoms with van der Waals surface area (Å²) in [6, 6.07) is 8.62. The van der Waals surface area contributed by atoms with Crippen LogP contribution in [0.3, 0.4) is 0 Å². The van der Waals surface area contributed by atoms with Crippen molar-refractivity contribution in [3.8, 4) is 0 Å². The molecule has 6 heteroatoms. The molecule has 0 bridgehead atoms. The molecular formula is C15H18F3NO2. The number of rotatable bonds is 5. The summed E-state index contributed by atoms with van der Waals surface area (Å²) in [6.07, 6.45) is -1.74. The Bertz CT molecular complexity index is 456. The number of nitrogens with one attached hydrogen (secondary N) is 1. The molecule has 2 rings (SSSR count). The van der Waals surface area contributed by atoms with E-state index >= 15 is 0 Å². The molecule has 0 aliphatic heterocycles. The van der Waals surface area contributed by atoms with Crippen LogP contribution in [0, 0.1) is 0 Å². The maximum Gasteiger partial charge on any atom is 0.405 e. The summed E-state index contributed by atoms with van der Waals surface area (Å²) >= 11 is 0. The number of hydrogen-bond donors (Lipinski definition) is 1. The van der Waals surface area contributed by atoms with Gasteiger partial charge in [0.15, 0.2) is 6.10 Å².